The zero-order valence-corrected chi connectivity index (χ0v) is 24.8. The lowest BCUT2D eigenvalue weighted by molar-refractivity contribution is -0.140. The normalized spacial score (nSPS) is 17.9. The van der Waals surface area contributed by atoms with Crippen LogP contribution in [0.5, 0.6) is 5.75 Å². The van der Waals surface area contributed by atoms with Gasteiger partial charge in [0, 0.05) is 42.3 Å². The van der Waals surface area contributed by atoms with E-state index < -0.39 is 24.1 Å². The van der Waals surface area contributed by atoms with Gasteiger partial charge in [0.1, 0.15) is 12.3 Å². The smallest absolute Gasteiger partial charge is 0.406 e. The second-order valence-electron chi connectivity index (χ2n) is 10.4. The Bertz CT molecular complexity index is 1410. The van der Waals surface area contributed by atoms with Crippen molar-refractivity contribution >= 4 is 33.6 Å². The average Bonchev–Trinajstić information content (AvgIpc) is 3.32. The Morgan fingerprint density at radius 2 is 1.81 bits per heavy atom. The van der Waals surface area contributed by atoms with Crippen LogP contribution in [0.25, 0.3) is 10.9 Å². The van der Waals surface area contributed by atoms with E-state index in [1.54, 1.807) is 36.4 Å². The fourth-order valence-electron chi connectivity index (χ4n) is 5.62. The number of halogens is 3. The molecule has 9 nitrogen and oxygen atoms in total. The lowest BCUT2D eigenvalue weighted by Crippen LogP contribution is -2.43. The fraction of sp³-hybridized carbons (Fsp3) is 0.467. The molecule has 1 aliphatic carbocycles. The number of anilines is 2. The van der Waals surface area contributed by atoms with Crippen molar-refractivity contribution in [2.45, 2.75) is 55.4 Å². The van der Waals surface area contributed by atoms with Crippen LogP contribution in [-0.2, 0) is 17.9 Å². The van der Waals surface area contributed by atoms with Crippen molar-refractivity contribution in [2.24, 2.45) is 5.14 Å². The molecule has 1 atom stereocenters. The van der Waals surface area contributed by atoms with Crippen molar-refractivity contribution in [3.05, 3.63) is 48.2 Å². The second kappa shape index (κ2) is 15.1. The largest absolute Gasteiger partial charge is 0.593 e. The van der Waals surface area contributed by atoms with Gasteiger partial charge in [-0.2, -0.15) is 13.2 Å². The van der Waals surface area contributed by atoms with Crippen molar-refractivity contribution in [3.8, 4) is 17.6 Å². The predicted octanol–water partition coefficient (Wildman–Crippen LogP) is 3.67. The molecule has 4 rings (SSSR count). The first-order valence-electron chi connectivity index (χ1n) is 14.1. The summed E-state index contributed by atoms with van der Waals surface area (Å²) in [6, 6.07) is 12.2. The van der Waals surface area contributed by atoms with Gasteiger partial charge in [-0.3, -0.25) is 4.90 Å². The molecule has 1 saturated carbocycles. The van der Waals surface area contributed by atoms with Crippen LogP contribution in [0, 0.1) is 11.8 Å². The second-order valence-corrected chi connectivity index (χ2v) is 11.5. The van der Waals surface area contributed by atoms with Gasteiger partial charge < -0.3 is 34.7 Å². The number of aliphatic hydroxyl groups is 2. The number of fused-ring (bicyclic) bond motifs is 1. The van der Waals surface area contributed by atoms with Crippen molar-refractivity contribution in [2.75, 3.05) is 50.6 Å². The van der Waals surface area contributed by atoms with Gasteiger partial charge in [-0.25, -0.2) is 0 Å². The minimum atomic E-state index is -4.43. The molecule has 6 N–H and O–H groups in total. The van der Waals surface area contributed by atoms with Crippen LogP contribution in [0.15, 0.2) is 47.4 Å². The van der Waals surface area contributed by atoms with Crippen LogP contribution in [0.1, 0.15) is 31.4 Å². The number of aliphatic hydroxyl groups excluding tert-OH is 2. The third-order valence-corrected chi connectivity index (χ3v) is 8.34. The summed E-state index contributed by atoms with van der Waals surface area (Å²) in [5.41, 5.74) is 2.03. The number of nitrogens with zero attached hydrogens (tertiary/aromatic N) is 2. The number of hydrogen-bond donors (Lipinski definition) is 5. The van der Waals surface area contributed by atoms with Crippen molar-refractivity contribution in [3.63, 3.8) is 0 Å². The summed E-state index contributed by atoms with van der Waals surface area (Å²) < 4.78 is 58.9. The van der Waals surface area contributed by atoms with Crippen LogP contribution in [0.3, 0.4) is 0 Å². The summed E-state index contributed by atoms with van der Waals surface area (Å²) >= 11 is -1.66. The molecule has 1 unspecified atom stereocenters. The molecule has 0 amide bonds. The zero-order chi connectivity index (χ0) is 31.0. The lowest BCUT2D eigenvalue weighted by Gasteiger charge is -2.37. The molecule has 2 aromatic carbocycles. The topological polar surface area (TPSA) is 131 Å². The van der Waals surface area contributed by atoms with E-state index in [-0.39, 0.29) is 37.5 Å². The highest BCUT2D eigenvalue weighted by molar-refractivity contribution is 7.89. The minimum Gasteiger partial charge on any atom is -0.593 e. The number of alkyl halides is 3. The summed E-state index contributed by atoms with van der Waals surface area (Å²) in [4.78, 5) is 2.51. The number of ether oxygens (including phenoxy) is 1. The highest BCUT2D eigenvalue weighted by atomic mass is 32.2. The third-order valence-electron chi connectivity index (χ3n) is 7.62. The Morgan fingerprint density at radius 3 is 2.44 bits per heavy atom. The summed E-state index contributed by atoms with van der Waals surface area (Å²) in [6.07, 6.45) is -0.924. The molecule has 0 aliphatic heterocycles. The molecule has 1 heterocycles. The highest BCUT2D eigenvalue weighted by Crippen LogP contribution is 2.33. The number of benzene rings is 2. The molecule has 0 radical (unpaired) electrons. The van der Waals surface area contributed by atoms with Gasteiger partial charge in [-0.1, -0.05) is 12.0 Å². The summed E-state index contributed by atoms with van der Waals surface area (Å²) in [5.74, 6) is 6.24. The molecular formula is C30H38F3N5O4S. The van der Waals surface area contributed by atoms with Gasteiger partial charge in [-0.05, 0) is 61.9 Å². The number of methoxy groups -OCH3 is 1. The predicted molar refractivity (Wildman–Crippen MR) is 162 cm³/mol. The van der Waals surface area contributed by atoms with Crippen LogP contribution in [0.2, 0.25) is 0 Å². The van der Waals surface area contributed by atoms with Crippen molar-refractivity contribution in [1.82, 2.24) is 9.47 Å². The maximum atomic E-state index is 13.6. The van der Waals surface area contributed by atoms with Gasteiger partial charge in [0.2, 0.25) is 0 Å². The number of aromatic nitrogens is 1. The molecule has 1 aromatic heterocycles. The maximum Gasteiger partial charge on any atom is 0.406 e. The van der Waals surface area contributed by atoms with Gasteiger partial charge in [0.15, 0.2) is 4.90 Å². The Labute approximate surface area is 252 Å². The number of rotatable bonds is 12. The molecule has 1 fully saturated rings. The first kappa shape index (κ1) is 32.8. The van der Waals surface area contributed by atoms with E-state index in [9.17, 15) is 27.9 Å². The highest BCUT2D eigenvalue weighted by Gasteiger charge is 2.30. The number of nitrogens with one attached hydrogen (secondary N) is 2. The molecule has 3 aromatic rings. The Balaban J connectivity index is 1.52. The number of nitrogens with two attached hydrogens (primary N) is 1. The Hall–Kier alpha value is -3.12. The van der Waals surface area contributed by atoms with E-state index in [2.05, 4.69) is 27.4 Å². The standard InChI is InChI=1S/C30H38F3N5O4S/c1-42-29-19-24(43(34)41)11-12-27(29)35-13-3-4-23-18-25-26(5-2-6-28(25)38(23)20-30(31,32)33)36-21-7-9-22(10-8-21)37(14-16-39)15-17-40/h2,5-6,11-12,18-19,21-22,35-36,39-40H,7-10,13-17,20,34H2,1H3/t21-,22+,43?. The molecule has 43 heavy (non-hydrogen) atoms. The van der Waals surface area contributed by atoms with E-state index in [0.29, 0.717) is 40.3 Å². The van der Waals surface area contributed by atoms with E-state index in [1.807, 2.05) is 6.07 Å². The molecular weight excluding hydrogens is 583 g/mol. The first-order valence-corrected chi connectivity index (χ1v) is 15.3. The minimum absolute atomic E-state index is 0.0373. The summed E-state index contributed by atoms with van der Waals surface area (Å²) in [6.45, 7) is 0.0770. The lowest BCUT2D eigenvalue weighted by atomic mass is 9.89. The van der Waals surface area contributed by atoms with Crippen LogP contribution in [0.4, 0.5) is 24.5 Å². The van der Waals surface area contributed by atoms with E-state index in [4.69, 9.17) is 9.88 Å². The third kappa shape index (κ3) is 8.72. The quantitative estimate of drug-likeness (QED) is 0.153. The van der Waals surface area contributed by atoms with Gasteiger partial charge in [0.25, 0.3) is 0 Å². The molecule has 0 spiro atoms. The SMILES string of the molecule is COc1cc([S+](N)[O-])ccc1NCC#Cc1cc2c(N[C@H]3CC[C@@H](N(CCO)CCO)CC3)cccc2n1CC(F)(F)F. The monoisotopic (exact) mass is 621 g/mol. The van der Waals surface area contributed by atoms with Crippen LogP contribution in [-0.4, -0.2) is 82.5 Å². The molecule has 0 bridgehead atoms. The molecule has 0 saturated heterocycles. The average molecular weight is 622 g/mol. The van der Waals surface area contributed by atoms with Gasteiger partial charge >= 0.3 is 6.18 Å². The van der Waals surface area contributed by atoms with Crippen LogP contribution >= 0.6 is 0 Å². The fourth-order valence-corrected chi connectivity index (χ4v) is 6.04. The van der Waals surface area contributed by atoms with Crippen molar-refractivity contribution in [1.29, 1.82) is 0 Å². The Kier molecular flexibility index (Phi) is 11.5. The summed E-state index contributed by atoms with van der Waals surface area (Å²) in [5, 5.41) is 31.5. The van der Waals surface area contributed by atoms with Gasteiger partial charge in [-0.15, -0.1) is 5.14 Å². The Morgan fingerprint density at radius 1 is 1.09 bits per heavy atom. The summed E-state index contributed by atoms with van der Waals surface area (Å²) in [7, 11) is 1.46. The first-order chi connectivity index (χ1) is 20.6. The van der Waals surface area contributed by atoms with Gasteiger partial charge in [0.05, 0.1) is 55.1 Å². The number of hydrogen-bond acceptors (Lipinski definition) is 8. The van der Waals surface area contributed by atoms with Crippen LogP contribution < -0.4 is 20.5 Å². The molecule has 13 heteroatoms. The van der Waals surface area contributed by atoms with E-state index in [1.165, 1.54) is 11.7 Å². The maximum absolute atomic E-state index is 13.6. The molecule has 1 aliphatic rings. The molecule has 234 valence electrons. The van der Waals surface area contributed by atoms with E-state index in [0.717, 1.165) is 31.4 Å². The van der Waals surface area contributed by atoms with E-state index >= 15 is 0 Å². The zero-order valence-electron chi connectivity index (χ0n) is 24.0. The van der Waals surface area contributed by atoms with Crippen molar-refractivity contribution < 1.29 is 32.7 Å².